The second-order valence-corrected chi connectivity index (χ2v) is 9.88. The molecule has 0 saturated carbocycles. The molecule has 0 spiro atoms. The van der Waals surface area contributed by atoms with Crippen LogP contribution in [0.15, 0.2) is 53.4 Å². The van der Waals surface area contributed by atoms with E-state index in [1.807, 2.05) is 36.4 Å². The van der Waals surface area contributed by atoms with Crippen LogP contribution in [0.1, 0.15) is 59.1 Å². The van der Waals surface area contributed by atoms with Crippen molar-refractivity contribution < 1.29 is 8.42 Å². The van der Waals surface area contributed by atoms with Gasteiger partial charge in [0.25, 0.3) is 10.0 Å². The zero-order chi connectivity index (χ0) is 18.9. The highest BCUT2D eigenvalue weighted by atomic mass is 32.2. The average Bonchev–Trinajstić information content (AvgIpc) is 2.54. The molecule has 0 radical (unpaired) electrons. The third-order valence-electron chi connectivity index (χ3n) is 4.83. The maximum absolute atomic E-state index is 12.6. The van der Waals surface area contributed by atoms with Gasteiger partial charge < -0.3 is 0 Å². The summed E-state index contributed by atoms with van der Waals surface area (Å²) in [4.78, 5) is 0.281. The lowest BCUT2D eigenvalue weighted by molar-refractivity contribution is 0.506. The summed E-state index contributed by atoms with van der Waals surface area (Å²) in [5, 5.41) is 0. The number of hydrogen-bond donors (Lipinski definition) is 1. The summed E-state index contributed by atoms with van der Waals surface area (Å²) in [5.41, 5.74) is 2.97. The summed E-state index contributed by atoms with van der Waals surface area (Å²) < 4.78 is 27.9. The van der Waals surface area contributed by atoms with Crippen molar-refractivity contribution in [2.75, 3.05) is 4.72 Å². The van der Waals surface area contributed by atoms with E-state index in [0.29, 0.717) is 5.69 Å². The van der Waals surface area contributed by atoms with Crippen LogP contribution in [0.4, 0.5) is 5.69 Å². The van der Waals surface area contributed by atoms with Gasteiger partial charge in [0.05, 0.1) is 4.90 Å². The lowest BCUT2D eigenvalue weighted by Gasteiger charge is -2.23. The van der Waals surface area contributed by atoms with Gasteiger partial charge in [0.1, 0.15) is 0 Å². The Hall–Kier alpha value is -1.81. The molecule has 2 rings (SSSR count). The van der Waals surface area contributed by atoms with Crippen LogP contribution in [0.3, 0.4) is 0 Å². The van der Waals surface area contributed by atoms with Crippen LogP contribution in [-0.4, -0.2) is 8.42 Å². The number of benzene rings is 2. The SMILES string of the molecule is CCC(C)(C)c1ccc(S(=O)(=O)Nc2ccc(C(C)(C)C)cc2)cc1. The highest BCUT2D eigenvalue weighted by Gasteiger charge is 2.20. The van der Waals surface area contributed by atoms with Gasteiger partial charge in [0.15, 0.2) is 0 Å². The topological polar surface area (TPSA) is 46.2 Å². The van der Waals surface area contributed by atoms with Crippen LogP contribution in [0.5, 0.6) is 0 Å². The Morgan fingerprint density at radius 1 is 0.800 bits per heavy atom. The summed E-state index contributed by atoms with van der Waals surface area (Å²) >= 11 is 0. The Morgan fingerprint density at radius 3 is 1.72 bits per heavy atom. The Morgan fingerprint density at radius 2 is 1.28 bits per heavy atom. The molecule has 0 atom stereocenters. The van der Waals surface area contributed by atoms with Crippen molar-refractivity contribution in [2.24, 2.45) is 0 Å². The molecule has 0 saturated heterocycles. The van der Waals surface area contributed by atoms with Gasteiger partial charge in [-0.25, -0.2) is 8.42 Å². The molecule has 0 aliphatic carbocycles. The van der Waals surface area contributed by atoms with Gasteiger partial charge in [-0.15, -0.1) is 0 Å². The molecule has 3 nitrogen and oxygen atoms in total. The molecule has 25 heavy (non-hydrogen) atoms. The molecule has 2 aromatic rings. The van der Waals surface area contributed by atoms with Crippen molar-refractivity contribution in [1.82, 2.24) is 0 Å². The van der Waals surface area contributed by atoms with E-state index in [-0.39, 0.29) is 15.7 Å². The first-order valence-electron chi connectivity index (χ1n) is 8.69. The maximum atomic E-state index is 12.6. The first kappa shape index (κ1) is 19.5. The van der Waals surface area contributed by atoms with E-state index in [2.05, 4.69) is 46.3 Å². The molecule has 2 aromatic carbocycles. The number of nitrogens with one attached hydrogen (secondary N) is 1. The van der Waals surface area contributed by atoms with Gasteiger partial charge in [0, 0.05) is 5.69 Å². The summed E-state index contributed by atoms with van der Waals surface area (Å²) in [6.45, 7) is 12.8. The minimum Gasteiger partial charge on any atom is -0.280 e. The highest BCUT2D eigenvalue weighted by Crippen LogP contribution is 2.28. The fourth-order valence-electron chi connectivity index (χ4n) is 2.54. The van der Waals surface area contributed by atoms with Gasteiger partial charge >= 0.3 is 0 Å². The van der Waals surface area contributed by atoms with Crippen molar-refractivity contribution in [3.8, 4) is 0 Å². The summed E-state index contributed by atoms with van der Waals surface area (Å²) in [6, 6.07) is 14.7. The Labute approximate surface area is 152 Å². The number of anilines is 1. The predicted octanol–water partition coefficient (Wildman–Crippen LogP) is 5.47. The Balaban J connectivity index is 2.22. The molecular weight excluding hydrogens is 330 g/mol. The predicted molar refractivity (Wildman–Crippen MR) is 106 cm³/mol. The lowest BCUT2D eigenvalue weighted by Crippen LogP contribution is -2.17. The van der Waals surface area contributed by atoms with Gasteiger partial charge in [-0.2, -0.15) is 0 Å². The van der Waals surface area contributed by atoms with E-state index in [1.54, 1.807) is 12.1 Å². The normalized spacial score (nSPS) is 12.9. The standard InChI is InChI=1S/C21H29NO2S/c1-7-21(5,6)17-10-14-19(15-11-17)25(23,24)22-18-12-8-16(9-13-18)20(2,3)4/h8-15,22H,7H2,1-6H3. The molecule has 0 aromatic heterocycles. The molecule has 136 valence electrons. The third-order valence-corrected chi connectivity index (χ3v) is 6.23. The molecule has 0 amide bonds. The van der Waals surface area contributed by atoms with Crippen LogP contribution >= 0.6 is 0 Å². The molecule has 0 unspecified atom stereocenters. The van der Waals surface area contributed by atoms with Crippen LogP contribution in [0, 0.1) is 0 Å². The second kappa shape index (κ2) is 6.83. The monoisotopic (exact) mass is 359 g/mol. The van der Waals surface area contributed by atoms with Crippen LogP contribution in [-0.2, 0) is 20.9 Å². The van der Waals surface area contributed by atoms with Crippen LogP contribution in [0.2, 0.25) is 0 Å². The van der Waals surface area contributed by atoms with Crippen LogP contribution < -0.4 is 4.72 Å². The zero-order valence-electron chi connectivity index (χ0n) is 16.1. The summed E-state index contributed by atoms with van der Waals surface area (Å²) in [5.74, 6) is 0. The van der Waals surface area contributed by atoms with Crippen molar-refractivity contribution in [1.29, 1.82) is 0 Å². The third kappa shape index (κ3) is 4.63. The Kier molecular flexibility index (Phi) is 5.33. The van der Waals surface area contributed by atoms with Gasteiger partial charge in [-0.3, -0.25) is 4.72 Å². The zero-order valence-corrected chi connectivity index (χ0v) is 16.9. The Bertz CT molecular complexity index is 812. The smallest absolute Gasteiger partial charge is 0.261 e. The second-order valence-electron chi connectivity index (χ2n) is 8.19. The molecule has 0 aliphatic heterocycles. The lowest BCUT2D eigenvalue weighted by atomic mass is 9.82. The van der Waals surface area contributed by atoms with E-state index in [4.69, 9.17) is 0 Å². The van der Waals surface area contributed by atoms with Gasteiger partial charge in [-0.1, -0.05) is 65.8 Å². The molecule has 4 heteroatoms. The fraction of sp³-hybridized carbons (Fsp3) is 0.429. The summed E-state index contributed by atoms with van der Waals surface area (Å²) in [6.07, 6.45) is 0.997. The van der Waals surface area contributed by atoms with E-state index in [0.717, 1.165) is 12.0 Å². The summed E-state index contributed by atoms with van der Waals surface area (Å²) in [7, 11) is -3.58. The molecule has 0 aliphatic rings. The largest absolute Gasteiger partial charge is 0.280 e. The molecule has 1 N–H and O–H groups in total. The van der Waals surface area contributed by atoms with Crippen molar-refractivity contribution in [2.45, 2.75) is 63.7 Å². The van der Waals surface area contributed by atoms with E-state index in [1.165, 1.54) is 5.56 Å². The molecule has 0 heterocycles. The quantitative estimate of drug-likeness (QED) is 0.769. The minimum atomic E-state index is -3.58. The van der Waals surface area contributed by atoms with E-state index >= 15 is 0 Å². The van der Waals surface area contributed by atoms with E-state index in [9.17, 15) is 8.42 Å². The average molecular weight is 360 g/mol. The van der Waals surface area contributed by atoms with Gasteiger partial charge in [-0.05, 0) is 52.6 Å². The molecular formula is C21H29NO2S. The minimum absolute atomic E-state index is 0.0402. The van der Waals surface area contributed by atoms with Gasteiger partial charge in [0.2, 0.25) is 0 Å². The van der Waals surface area contributed by atoms with Crippen molar-refractivity contribution in [3.05, 3.63) is 59.7 Å². The fourth-order valence-corrected chi connectivity index (χ4v) is 3.60. The van der Waals surface area contributed by atoms with E-state index < -0.39 is 10.0 Å². The van der Waals surface area contributed by atoms with Crippen molar-refractivity contribution >= 4 is 15.7 Å². The highest BCUT2D eigenvalue weighted by molar-refractivity contribution is 7.92. The maximum Gasteiger partial charge on any atom is 0.261 e. The van der Waals surface area contributed by atoms with Crippen molar-refractivity contribution in [3.63, 3.8) is 0 Å². The first-order valence-corrected chi connectivity index (χ1v) is 10.2. The van der Waals surface area contributed by atoms with Crippen LogP contribution in [0.25, 0.3) is 0 Å². The first-order chi connectivity index (χ1) is 11.5. The molecule has 0 fully saturated rings. The number of sulfonamides is 1. The number of rotatable bonds is 5. The molecule has 0 bridgehead atoms. The number of hydrogen-bond acceptors (Lipinski definition) is 2.